The minimum atomic E-state index is 0.188. The van der Waals surface area contributed by atoms with Gasteiger partial charge in [0.1, 0.15) is 5.75 Å². The molecule has 2 N–H and O–H groups in total. The van der Waals surface area contributed by atoms with Gasteiger partial charge in [-0.25, -0.2) is 0 Å². The van der Waals surface area contributed by atoms with E-state index in [9.17, 15) is 0 Å². The standard InChI is InChI=1S/C16H23NO/c17-16(12-5-2-1-3-6-12)13-7-4-8-15(11-13)18-14-9-10-14/h4,7-8,11-12,14,16H,1-3,5-6,9-10,17H2. The Morgan fingerprint density at radius 1 is 1.06 bits per heavy atom. The van der Waals surface area contributed by atoms with E-state index < -0.39 is 0 Å². The van der Waals surface area contributed by atoms with E-state index in [-0.39, 0.29) is 6.04 Å². The molecule has 2 aliphatic carbocycles. The van der Waals surface area contributed by atoms with Crippen molar-refractivity contribution in [3.63, 3.8) is 0 Å². The zero-order chi connectivity index (χ0) is 12.4. The molecule has 2 aliphatic rings. The largest absolute Gasteiger partial charge is 0.490 e. The Balaban J connectivity index is 1.69. The maximum atomic E-state index is 6.43. The molecule has 3 rings (SSSR count). The monoisotopic (exact) mass is 245 g/mol. The van der Waals surface area contributed by atoms with Crippen molar-refractivity contribution in [1.82, 2.24) is 0 Å². The zero-order valence-electron chi connectivity index (χ0n) is 11.0. The molecule has 1 aromatic rings. The van der Waals surface area contributed by atoms with Crippen molar-refractivity contribution in [3.05, 3.63) is 29.8 Å². The first kappa shape index (κ1) is 12.0. The molecule has 2 heteroatoms. The molecule has 18 heavy (non-hydrogen) atoms. The fraction of sp³-hybridized carbons (Fsp3) is 0.625. The van der Waals surface area contributed by atoms with E-state index in [1.165, 1.54) is 50.5 Å². The van der Waals surface area contributed by atoms with Gasteiger partial charge in [-0.2, -0.15) is 0 Å². The van der Waals surface area contributed by atoms with E-state index in [4.69, 9.17) is 10.5 Å². The fourth-order valence-electron chi connectivity index (χ4n) is 2.94. The van der Waals surface area contributed by atoms with Gasteiger partial charge in [-0.1, -0.05) is 31.4 Å². The van der Waals surface area contributed by atoms with E-state index in [1.807, 2.05) is 0 Å². The summed E-state index contributed by atoms with van der Waals surface area (Å²) in [5.41, 5.74) is 7.68. The van der Waals surface area contributed by atoms with Gasteiger partial charge in [0, 0.05) is 6.04 Å². The van der Waals surface area contributed by atoms with Gasteiger partial charge in [-0.05, 0) is 49.3 Å². The molecular weight excluding hydrogens is 222 g/mol. The van der Waals surface area contributed by atoms with E-state index in [0.717, 1.165) is 5.75 Å². The van der Waals surface area contributed by atoms with Gasteiger partial charge in [0.15, 0.2) is 0 Å². The lowest BCUT2D eigenvalue weighted by Gasteiger charge is -2.28. The van der Waals surface area contributed by atoms with Crippen LogP contribution >= 0.6 is 0 Å². The summed E-state index contributed by atoms with van der Waals surface area (Å²) >= 11 is 0. The van der Waals surface area contributed by atoms with Crippen molar-refractivity contribution >= 4 is 0 Å². The highest BCUT2D eigenvalue weighted by Gasteiger charge is 2.25. The summed E-state index contributed by atoms with van der Waals surface area (Å²) in [4.78, 5) is 0. The minimum absolute atomic E-state index is 0.188. The summed E-state index contributed by atoms with van der Waals surface area (Å²) in [6, 6.07) is 8.62. The lowest BCUT2D eigenvalue weighted by molar-refractivity contribution is 0.296. The number of hydrogen-bond donors (Lipinski definition) is 1. The van der Waals surface area contributed by atoms with Crippen molar-refractivity contribution in [3.8, 4) is 5.75 Å². The molecule has 2 fully saturated rings. The molecule has 1 aromatic carbocycles. The molecule has 1 atom stereocenters. The van der Waals surface area contributed by atoms with Crippen LogP contribution < -0.4 is 10.5 Å². The SMILES string of the molecule is NC(c1cccc(OC2CC2)c1)C1CCCCC1. The average Bonchev–Trinajstić information content (AvgIpc) is 3.23. The Morgan fingerprint density at radius 3 is 2.56 bits per heavy atom. The number of rotatable bonds is 4. The van der Waals surface area contributed by atoms with Crippen LogP contribution in [0, 0.1) is 5.92 Å². The third kappa shape index (κ3) is 2.86. The first-order chi connectivity index (χ1) is 8.83. The van der Waals surface area contributed by atoms with Crippen LogP contribution in [0.2, 0.25) is 0 Å². The molecule has 0 saturated heterocycles. The minimum Gasteiger partial charge on any atom is -0.490 e. The summed E-state index contributed by atoms with van der Waals surface area (Å²) in [6.07, 6.45) is 9.52. The summed E-state index contributed by atoms with van der Waals surface area (Å²) in [5.74, 6) is 1.66. The van der Waals surface area contributed by atoms with Crippen LogP contribution in [-0.2, 0) is 0 Å². The van der Waals surface area contributed by atoms with Crippen LogP contribution in [0.1, 0.15) is 56.6 Å². The van der Waals surface area contributed by atoms with Crippen LogP contribution in [0.15, 0.2) is 24.3 Å². The molecule has 0 bridgehead atoms. The third-order valence-corrected chi connectivity index (χ3v) is 4.23. The zero-order valence-corrected chi connectivity index (χ0v) is 11.0. The molecule has 98 valence electrons. The van der Waals surface area contributed by atoms with Crippen molar-refractivity contribution in [1.29, 1.82) is 0 Å². The maximum absolute atomic E-state index is 6.43. The van der Waals surface area contributed by atoms with Crippen LogP contribution in [0.5, 0.6) is 5.75 Å². The van der Waals surface area contributed by atoms with Gasteiger partial charge in [0.25, 0.3) is 0 Å². The second-order valence-corrected chi connectivity index (χ2v) is 5.81. The van der Waals surface area contributed by atoms with Crippen LogP contribution in [0.3, 0.4) is 0 Å². The Hall–Kier alpha value is -1.02. The third-order valence-electron chi connectivity index (χ3n) is 4.23. The predicted octanol–water partition coefficient (Wildman–Crippen LogP) is 3.81. The van der Waals surface area contributed by atoms with E-state index in [1.54, 1.807) is 0 Å². The molecule has 0 radical (unpaired) electrons. The molecule has 2 nitrogen and oxygen atoms in total. The van der Waals surface area contributed by atoms with Gasteiger partial charge in [-0.3, -0.25) is 0 Å². The molecule has 0 heterocycles. The topological polar surface area (TPSA) is 35.2 Å². The molecule has 0 aromatic heterocycles. The Morgan fingerprint density at radius 2 is 1.83 bits per heavy atom. The van der Waals surface area contributed by atoms with Gasteiger partial charge in [0.05, 0.1) is 6.10 Å². The molecule has 0 aliphatic heterocycles. The maximum Gasteiger partial charge on any atom is 0.120 e. The number of benzene rings is 1. The van der Waals surface area contributed by atoms with E-state index in [0.29, 0.717) is 12.0 Å². The summed E-state index contributed by atoms with van der Waals surface area (Å²) in [5, 5.41) is 0. The molecule has 1 unspecified atom stereocenters. The predicted molar refractivity (Wildman–Crippen MR) is 73.6 cm³/mol. The number of hydrogen-bond acceptors (Lipinski definition) is 2. The quantitative estimate of drug-likeness (QED) is 0.875. The van der Waals surface area contributed by atoms with Gasteiger partial charge >= 0.3 is 0 Å². The van der Waals surface area contributed by atoms with Gasteiger partial charge in [0.2, 0.25) is 0 Å². The summed E-state index contributed by atoms with van der Waals surface area (Å²) in [7, 11) is 0. The lowest BCUT2D eigenvalue weighted by atomic mass is 9.81. The van der Waals surface area contributed by atoms with E-state index in [2.05, 4.69) is 24.3 Å². The Bertz CT molecular complexity index is 394. The Labute approximate surface area is 110 Å². The van der Waals surface area contributed by atoms with Crippen molar-refractivity contribution < 1.29 is 4.74 Å². The highest BCUT2D eigenvalue weighted by molar-refractivity contribution is 5.31. The van der Waals surface area contributed by atoms with Crippen LogP contribution in [-0.4, -0.2) is 6.10 Å². The molecule has 2 saturated carbocycles. The van der Waals surface area contributed by atoms with Gasteiger partial charge < -0.3 is 10.5 Å². The number of nitrogens with two attached hydrogens (primary N) is 1. The fourth-order valence-corrected chi connectivity index (χ4v) is 2.94. The average molecular weight is 245 g/mol. The Kier molecular flexibility index (Phi) is 3.55. The van der Waals surface area contributed by atoms with Crippen molar-refractivity contribution in [2.75, 3.05) is 0 Å². The molecular formula is C16H23NO. The number of ether oxygens (including phenoxy) is 1. The van der Waals surface area contributed by atoms with E-state index >= 15 is 0 Å². The first-order valence-corrected chi connectivity index (χ1v) is 7.35. The second kappa shape index (κ2) is 5.31. The van der Waals surface area contributed by atoms with Crippen LogP contribution in [0.25, 0.3) is 0 Å². The first-order valence-electron chi connectivity index (χ1n) is 7.35. The lowest BCUT2D eigenvalue weighted by Crippen LogP contribution is -2.23. The molecule has 0 amide bonds. The van der Waals surface area contributed by atoms with Crippen LogP contribution in [0.4, 0.5) is 0 Å². The normalized spacial score (nSPS) is 22.7. The molecule has 0 spiro atoms. The highest BCUT2D eigenvalue weighted by atomic mass is 16.5. The van der Waals surface area contributed by atoms with Crippen molar-refractivity contribution in [2.45, 2.75) is 57.1 Å². The van der Waals surface area contributed by atoms with Crippen molar-refractivity contribution in [2.24, 2.45) is 11.7 Å². The second-order valence-electron chi connectivity index (χ2n) is 5.81. The summed E-state index contributed by atoms with van der Waals surface area (Å²) in [6.45, 7) is 0. The highest BCUT2D eigenvalue weighted by Crippen LogP contribution is 2.34. The summed E-state index contributed by atoms with van der Waals surface area (Å²) < 4.78 is 5.85. The smallest absolute Gasteiger partial charge is 0.120 e. The van der Waals surface area contributed by atoms with Gasteiger partial charge in [-0.15, -0.1) is 0 Å².